The summed E-state index contributed by atoms with van der Waals surface area (Å²) in [5.41, 5.74) is 3.75. The van der Waals surface area contributed by atoms with Crippen molar-refractivity contribution in [3.63, 3.8) is 0 Å². The van der Waals surface area contributed by atoms with E-state index in [4.69, 9.17) is 0 Å². The highest BCUT2D eigenvalue weighted by molar-refractivity contribution is 5.91. The molecular formula is C20H28O. The van der Waals surface area contributed by atoms with Gasteiger partial charge in [-0.1, -0.05) is 31.6 Å². The van der Waals surface area contributed by atoms with Gasteiger partial charge in [-0.2, -0.15) is 0 Å². The van der Waals surface area contributed by atoms with E-state index in [1.54, 1.807) is 0 Å². The third kappa shape index (κ3) is 1.72. The molecule has 0 spiro atoms. The highest BCUT2D eigenvalue weighted by Crippen LogP contribution is 2.66. The van der Waals surface area contributed by atoms with Crippen LogP contribution in [-0.4, -0.2) is 5.78 Å². The minimum atomic E-state index is 0.322. The SMILES string of the molecule is C=C1CCC2C3CCC4=CC(=O)CCC4(C)C3CCC12C. The maximum absolute atomic E-state index is 11.8. The van der Waals surface area contributed by atoms with Gasteiger partial charge in [-0.3, -0.25) is 4.79 Å². The fraction of sp³-hybridized carbons (Fsp3) is 0.750. The summed E-state index contributed by atoms with van der Waals surface area (Å²) in [6.07, 6.45) is 11.7. The first-order valence-corrected chi connectivity index (χ1v) is 8.87. The van der Waals surface area contributed by atoms with E-state index >= 15 is 0 Å². The summed E-state index contributed by atoms with van der Waals surface area (Å²) in [6, 6.07) is 0. The molecule has 0 saturated heterocycles. The van der Waals surface area contributed by atoms with Crippen molar-refractivity contribution in [3.05, 3.63) is 23.8 Å². The van der Waals surface area contributed by atoms with Gasteiger partial charge in [-0.05, 0) is 79.6 Å². The number of hydrogen-bond donors (Lipinski definition) is 0. The van der Waals surface area contributed by atoms with Gasteiger partial charge >= 0.3 is 0 Å². The molecule has 4 aliphatic carbocycles. The standard InChI is InChI=1S/C20H28O/c1-13-4-7-17-16-6-5-14-12-15(21)8-10-20(14,3)18(16)9-11-19(13,17)2/h12,16-18H,1,4-11H2,2-3H3. The Bertz CT molecular complexity index is 542. The summed E-state index contributed by atoms with van der Waals surface area (Å²) in [7, 11) is 0. The largest absolute Gasteiger partial charge is 0.295 e. The lowest BCUT2D eigenvalue weighted by molar-refractivity contribution is -0.117. The predicted octanol–water partition coefficient (Wildman–Crippen LogP) is 5.07. The van der Waals surface area contributed by atoms with E-state index < -0.39 is 0 Å². The molecule has 5 atom stereocenters. The van der Waals surface area contributed by atoms with Gasteiger partial charge in [0.05, 0.1) is 0 Å². The van der Waals surface area contributed by atoms with Gasteiger partial charge in [0.2, 0.25) is 0 Å². The minimum Gasteiger partial charge on any atom is -0.295 e. The molecule has 0 aromatic heterocycles. The maximum Gasteiger partial charge on any atom is 0.155 e. The van der Waals surface area contributed by atoms with Gasteiger partial charge in [0.15, 0.2) is 5.78 Å². The average molecular weight is 284 g/mol. The highest BCUT2D eigenvalue weighted by Gasteiger charge is 2.57. The molecule has 0 heterocycles. The Kier molecular flexibility index (Phi) is 2.85. The number of carbonyl (C=O) groups excluding carboxylic acids is 1. The number of allylic oxidation sites excluding steroid dienone is 2. The molecule has 1 heteroatoms. The Labute approximate surface area is 128 Å². The monoisotopic (exact) mass is 284 g/mol. The van der Waals surface area contributed by atoms with E-state index in [-0.39, 0.29) is 0 Å². The van der Waals surface area contributed by atoms with Crippen LogP contribution >= 0.6 is 0 Å². The van der Waals surface area contributed by atoms with Crippen LogP contribution in [0.5, 0.6) is 0 Å². The molecule has 1 nitrogen and oxygen atoms in total. The Morgan fingerprint density at radius 1 is 1.00 bits per heavy atom. The first-order chi connectivity index (χ1) is 9.95. The minimum absolute atomic E-state index is 0.322. The van der Waals surface area contributed by atoms with Gasteiger partial charge in [0.25, 0.3) is 0 Å². The zero-order valence-electron chi connectivity index (χ0n) is 13.6. The van der Waals surface area contributed by atoms with Gasteiger partial charge in [0.1, 0.15) is 0 Å². The molecule has 5 unspecified atom stereocenters. The first-order valence-electron chi connectivity index (χ1n) is 8.87. The van der Waals surface area contributed by atoms with Gasteiger partial charge < -0.3 is 0 Å². The van der Waals surface area contributed by atoms with Crippen molar-refractivity contribution < 1.29 is 4.79 Å². The van der Waals surface area contributed by atoms with Crippen LogP contribution in [0.3, 0.4) is 0 Å². The molecular weight excluding hydrogens is 256 g/mol. The second-order valence-electron chi connectivity index (χ2n) is 8.57. The molecule has 0 bridgehead atoms. The molecule has 0 N–H and O–H groups in total. The van der Waals surface area contributed by atoms with Crippen LogP contribution < -0.4 is 0 Å². The number of hydrogen-bond acceptors (Lipinski definition) is 1. The molecule has 0 amide bonds. The van der Waals surface area contributed by atoms with Crippen molar-refractivity contribution in [2.75, 3.05) is 0 Å². The summed E-state index contributed by atoms with van der Waals surface area (Å²) >= 11 is 0. The lowest BCUT2D eigenvalue weighted by Gasteiger charge is -2.57. The Balaban J connectivity index is 1.70. The van der Waals surface area contributed by atoms with E-state index in [0.717, 1.165) is 30.6 Å². The van der Waals surface area contributed by atoms with Crippen molar-refractivity contribution in [1.82, 2.24) is 0 Å². The number of rotatable bonds is 0. The fourth-order valence-corrected chi connectivity index (χ4v) is 6.47. The van der Waals surface area contributed by atoms with Gasteiger partial charge in [-0.25, -0.2) is 0 Å². The molecule has 0 radical (unpaired) electrons. The molecule has 4 aliphatic rings. The smallest absolute Gasteiger partial charge is 0.155 e. The maximum atomic E-state index is 11.8. The summed E-state index contributed by atoms with van der Waals surface area (Å²) in [5, 5.41) is 0. The van der Waals surface area contributed by atoms with Crippen LogP contribution in [0.15, 0.2) is 23.8 Å². The molecule has 4 rings (SSSR count). The lowest BCUT2D eigenvalue weighted by Crippen LogP contribution is -2.49. The van der Waals surface area contributed by atoms with Crippen LogP contribution in [0.4, 0.5) is 0 Å². The summed E-state index contributed by atoms with van der Waals surface area (Å²) in [4.78, 5) is 11.8. The number of ketones is 1. The Morgan fingerprint density at radius 2 is 1.76 bits per heavy atom. The summed E-state index contributed by atoms with van der Waals surface area (Å²) in [6.45, 7) is 9.35. The molecule has 3 saturated carbocycles. The van der Waals surface area contributed by atoms with Crippen molar-refractivity contribution in [1.29, 1.82) is 0 Å². The lowest BCUT2D eigenvalue weighted by atomic mass is 9.47. The average Bonchev–Trinajstić information content (AvgIpc) is 2.76. The van der Waals surface area contributed by atoms with Gasteiger partial charge in [-0.15, -0.1) is 0 Å². The van der Waals surface area contributed by atoms with E-state index in [0.29, 0.717) is 16.6 Å². The van der Waals surface area contributed by atoms with E-state index in [2.05, 4.69) is 20.4 Å². The zero-order valence-corrected chi connectivity index (χ0v) is 13.6. The van der Waals surface area contributed by atoms with Crippen LogP contribution in [0.2, 0.25) is 0 Å². The van der Waals surface area contributed by atoms with E-state index in [1.165, 1.54) is 49.7 Å². The Morgan fingerprint density at radius 3 is 2.57 bits per heavy atom. The fourth-order valence-electron chi connectivity index (χ4n) is 6.47. The van der Waals surface area contributed by atoms with Crippen molar-refractivity contribution in [3.8, 4) is 0 Å². The highest BCUT2D eigenvalue weighted by atomic mass is 16.1. The molecule has 114 valence electrons. The number of fused-ring (bicyclic) bond motifs is 5. The van der Waals surface area contributed by atoms with Crippen LogP contribution in [0.25, 0.3) is 0 Å². The Hall–Kier alpha value is -0.850. The van der Waals surface area contributed by atoms with Crippen LogP contribution in [0, 0.1) is 28.6 Å². The summed E-state index contributed by atoms with van der Waals surface area (Å²) < 4.78 is 0. The molecule has 0 aliphatic heterocycles. The number of carbonyl (C=O) groups is 1. The third-order valence-electron chi connectivity index (χ3n) is 7.92. The molecule has 21 heavy (non-hydrogen) atoms. The molecule has 0 aromatic carbocycles. The van der Waals surface area contributed by atoms with Crippen LogP contribution in [-0.2, 0) is 4.79 Å². The first kappa shape index (κ1) is 13.8. The van der Waals surface area contributed by atoms with E-state index in [1.807, 2.05) is 6.08 Å². The third-order valence-corrected chi connectivity index (χ3v) is 7.92. The second kappa shape index (κ2) is 4.33. The molecule has 0 aromatic rings. The quantitative estimate of drug-likeness (QED) is 0.567. The van der Waals surface area contributed by atoms with Gasteiger partial charge in [0, 0.05) is 6.42 Å². The predicted molar refractivity (Wildman–Crippen MR) is 85.9 cm³/mol. The topological polar surface area (TPSA) is 17.1 Å². The second-order valence-corrected chi connectivity index (χ2v) is 8.57. The van der Waals surface area contributed by atoms with E-state index in [9.17, 15) is 4.79 Å². The van der Waals surface area contributed by atoms with Crippen molar-refractivity contribution >= 4 is 5.78 Å². The van der Waals surface area contributed by atoms with Crippen molar-refractivity contribution in [2.45, 2.75) is 65.2 Å². The molecule has 3 fully saturated rings. The van der Waals surface area contributed by atoms with Crippen molar-refractivity contribution in [2.24, 2.45) is 28.6 Å². The normalized spacial score (nSPS) is 49.2. The zero-order chi connectivity index (χ0) is 14.8. The summed E-state index contributed by atoms with van der Waals surface area (Å²) in [5.74, 6) is 2.92. The van der Waals surface area contributed by atoms with Crippen LogP contribution in [0.1, 0.15) is 65.2 Å².